The summed E-state index contributed by atoms with van der Waals surface area (Å²) in [5, 5.41) is 0.889. The van der Waals surface area contributed by atoms with Gasteiger partial charge >= 0.3 is 0 Å². The Labute approximate surface area is 107 Å². The highest BCUT2D eigenvalue weighted by Gasteiger charge is 2.32. The van der Waals surface area contributed by atoms with Crippen molar-refractivity contribution in [3.8, 4) is 5.75 Å². The largest absolute Gasteiger partial charge is 0.497 e. The lowest BCUT2D eigenvalue weighted by Crippen LogP contribution is -1.98. The number of hydrogen-bond donors (Lipinski definition) is 0. The van der Waals surface area contributed by atoms with Crippen LogP contribution in [0.3, 0.4) is 0 Å². The number of Topliss-reactive ketones (excluding diaryl/α,β-unsaturated/α-hetero) is 1. The van der Waals surface area contributed by atoms with Crippen molar-refractivity contribution in [2.24, 2.45) is 5.92 Å². The standard InChI is InChI=1S/C13H11BrO3/c1-16-9-4-8-5-11(12(15)7-2-3-7)17-13(8)10(14)6-9/h4-7H,2-3H2,1H3. The Morgan fingerprint density at radius 1 is 1.41 bits per heavy atom. The van der Waals surface area contributed by atoms with E-state index in [1.54, 1.807) is 13.2 Å². The first kappa shape index (κ1) is 10.8. The lowest BCUT2D eigenvalue weighted by atomic mass is 10.2. The van der Waals surface area contributed by atoms with E-state index in [0.717, 1.165) is 28.5 Å². The van der Waals surface area contributed by atoms with Crippen LogP contribution in [-0.4, -0.2) is 12.9 Å². The Hall–Kier alpha value is -1.29. The molecule has 1 saturated carbocycles. The SMILES string of the molecule is COc1cc(Br)c2oc(C(=O)C3CC3)cc2c1. The molecule has 0 bridgehead atoms. The van der Waals surface area contributed by atoms with Crippen LogP contribution < -0.4 is 4.74 Å². The average Bonchev–Trinajstić information content (AvgIpc) is 3.07. The molecule has 1 aromatic carbocycles. The molecule has 17 heavy (non-hydrogen) atoms. The van der Waals surface area contributed by atoms with Crippen molar-refractivity contribution in [1.29, 1.82) is 0 Å². The number of ketones is 1. The van der Waals surface area contributed by atoms with Crippen molar-refractivity contribution in [3.05, 3.63) is 28.4 Å². The van der Waals surface area contributed by atoms with E-state index in [1.165, 1.54) is 0 Å². The summed E-state index contributed by atoms with van der Waals surface area (Å²) in [6.07, 6.45) is 1.97. The molecule has 2 aromatic rings. The number of carbonyl (C=O) groups is 1. The maximum atomic E-state index is 11.9. The van der Waals surface area contributed by atoms with Gasteiger partial charge in [-0.05, 0) is 47.0 Å². The molecular formula is C13H11BrO3. The molecule has 1 aliphatic carbocycles. The van der Waals surface area contributed by atoms with Crippen molar-refractivity contribution in [2.75, 3.05) is 7.11 Å². The molecule has 0 amide bonds. The lowest BCUT2D eigenvalue weighted by Gasteiger charge is -1.99. The van der Waals surface area contributed by atoms with Gasteiger partial charge in [-0.15, -0.1) is 0 Å². The summed E-state index contributed by atoms with van der Waals surface area (Å²) in [5.41, 5.74) is 0.704. The molecule has 1 heterocycles. The van der Waals surface area contributed by atoms with Gasteiger partial charge in [-0.2, -0.15) is 0 Å². The van der Waals surface area contributed by atoms with Gasteiger partial charge in [0.1, 0.15) is 11.3 Å². The Morgan fingerprint density at radius 2 is 2.18 bits per heavy atom. The molecule has 4 heteroatoms. The Bertz CT molecular complexity index is 596. The fourth-order valence-electron chi connectivity index (χ4n) is 1.87. The minimum Gasteiger partial charge on any atom is -0.497 e. The average molecular weight is 295 g/mol. The second-order valence-electron chi connectivity index (χ2n) is 4.28. The number of furan rings is 1. The van der Waals surface area contributed by atoms with E-state index in [4.69, 9.17) is 9.15 Å². The summed E-state index contributed by atoms with van der Waals surface area (Å²) in [7, 11) is 1.62. The molecule has 0 saturated heterocycles. The molecule has 1 aliphatic rings. The lowest BCUT2D eigenvalue weighted by molar-refractivity contribution is 0.0942. The number of rotatable bonds is 3. The first-order valence-corrected chi connectivity index (χ1v) is 6.29. The van der Waals surface area contributed by atoms with Crippen LogP contribution in [0.5, 0.6) is 5.75 Å². The predicted octanol–water partition coefficient (Wildman–Crippen LogP) is 3.80. The van der Waals surface area contributed by atoms with Gasteiger partial charge in [0.05, 0.1) is 11.6 Å². The van der Waals surface area contributed by atoms with Crippen LogP contribution in [0.4, 0.5) is 0 Å². The van der Waals surface area contributed by atoms with E-state index >= 15 is 0 Å². The molecule has 0 unspecified atom stereocenters. The minimum absolute atomic E-state index is 0.118. The summed E-state index contributed by atoms with van der Waals surface area (Å²) in [5.74, 6) is 1.50. The summed E-state index contributed by atoms with van der Waals surface area (Å²) in [6, 6.07) is 5.49. The van der Waals surface area contributed by atoms with Crippen molar-refractivity contribution < 1.29 is 13.9 Å². The van der Waals surface area contributed by atoms with Crippen LogP contribution in [0.2, 0.25) is 0 Å². The van der Waals surface area contributed by atoms with Crippen LogP contribution in [-0.2, 0) is 0 Å². The van der Waals surface area contributed by atoms with Crippen LogP contribution in [0.15, 0.2) is 27.1 Å². The summed E-state index contributed by atoms with van der Waals surface area (Å²) in [4.78, 5) is 11.9. The van der Waals surface area contributed by atoms with Crippen molar-refractivity contribution in [1.82, 2.24) is 0 Å². The van der Waals surface area contributed by atoms with E-state index in [0.29, 0.717) is 11.3 Å². The monoisotopic (exact) mass is 294 g/mol. The van der Waals surface area contributed by atoms with E-state index in [-0.39, 0.29) is 11.7 Å². The fourth-order valence-corrected chi connectivity index (χ4v) is 2.41. The second-order valence-corrected chi connectivity index (χ2v) is 5.13. The zero-order valence-corrected chi connectivity index (χ0v) is 10.9. The van der Waals surface area contributed by atoms with Gasteiger partial charge in [0.2, 0.25) is 5.78 Å². The van der Waals surface area contributed by atoms with Gasteiger partial charge in [0.25, 0.3) is 0 Å². The normalized spacial score (nSPS) is 15.2. The van der Waals surface area contributed by atoms with Crippen molar-refractivity contribution in [2.45, 2.75) is 12.8 Å². The van der Waals surface area contributed by atoms with Crippen LogP contribution in [0, 0.1) is 5.92 Å². The molecule has 1 fully saturated rings. The van der Waals surface area contributed by atoms with Crippen LogP contribution in [0.1, 0.15) is 23.4 Å². The highest BCUT2D eigenvalue weighted by atomic mass is 79.9. The second kappa shape index (κ2) is 3.88. The van der Waals surface area contributed by atoms with E-state index < -0.39 is 0 Å². The zero-order valence-electron chi connectivity index (χ0n) is 9.33. The van der Waals surface area contributed by atoms with Crippen LogP contribution >= 0.6 is 15.9 Å². The molecule has 3 rings (SSSR count). The quantitative estimate of drug-likeness (QED) is 0.809. The van der Waals surface area contributed by atoms with Crippen molar-refractivity contribution in [3.63, 3.8) is 0 Å². The number of hydrogen-bond acceptors (Lipinski definition) is 3. The number of benzene rings is 1. The van der Waals surface area contributed by atoms with Gasteiger partial charge in [-0.1, -0.05) is 0 Å². The maximum Gasteiger partial charge on any atom is 0.201 e. The smallest absolute Gasteiger partial charge is 0.201 e. The minimum atomic E-state index is 0.118. The number of halogens is 1. The third-order valence-corrected chi connectivity index (χ3v) is 3.56. The number of carbonyl (C=O) groups excluding carboxylic acids is 1. The maximum absolute atomic E-state index is 11.9. The number of ether oxygens (including phenoxy) is 1. The molecule has 0 radical (unpaired) electrons. The summed E-state index contributed by atoms with van der Waals surface area (Å²) >= 11 is 3.42. The van der Waals surface area contributed by atoms with Gasteiger partial charge < -0.3 is 9.15 Å². The van der Waals surface area contributed by atoms with Gasteiger partial charge in [-0.25, -0.2) is 0 Å². The van der Waals surface area contributed by atoms with Gasteiger partial charge in [0, 0.05) is 11.3 Å². The summed E-state index contributed by atoms with van der Waals surface area (Å²) < 4.78 is 11.6. The molecule has 3 nitrogen and oxygen atoms in total. The van der Waals surface area contributed by atoms with Gasteiger partial charge in [-0.3, -0.25) is 4.79 Å². The molecule has 0 aliphatic heterocycles. The highest BCUT2D eigenvalue weighted by molar-refractivity contribution is 9.10. The molecule has 88 valence electrons. The molecule has 1 aromatic heterocycles. The van der Waals surface area contributed by atoms with E-state index in [9.17, 15) is 4.79 Å². The Morgan fingerprint density at radius 3 is 2.82 bits per heavy atom. The zero-order chi connectivity index (χ0) is 12.0. The number of fused-ring (bicyclic) bond motifs is 1. The third kappa shape index (κ3) is 1.86. The molecule has 0 spiro atoms. The predicted molar refractivity (Wildman–Crippen MR) is 67.5 cm³/mol. The first-order valence-electron chi connectivity index (χ1n) is 5.50. The van der Waals surface area contributed by atoms with E-state index in [2.05, 4.69) is 15.9 Å². The van der Waals surface area contributed by atoms with Gasteiger partial charge in [0.15, 0.2) is 5.76 Å². The third-order valence-electron chi connectivity index (χ3n) is 2.97. The summed E-state index contributed by atoms with van der Waals surface area (Å²) in [6.45, 7) is 0. The molecular weight excluding hydrogens is 284 g/mol. The van der Waals surface area contributed by atoms with Crippen LogP contribution in [0.25, 0.3) is 11.0 Å². The Balaban J connectivity index is 2.11. The molecule has 0 N–H and O–H groups in total. The topological polar surface area (TPSA) is 39.4 Å². The van der Waals surface area contributed by atoms with E-state index in [1.807, 2.05) is 12.1 Å². The number of methoxy groups -OCH3 is 1. The highest BCUT2D eigenvalue weighted by Crippen LogP contribution is 2.36. The first-order chi connectivity index (χ1) is 8.19. The molecule has 0 atom stereocenters. The Kier molecular flexibility index (Phi) is 2.47. The van der Waals surface area contributed by atoms with Crippen molar-refractivity contribution >= 4 is 32.7 Å². The fraction of sp³-hybridized carbons (Fsp3) is 0.308.